The third-order valence-electron chi connectivity index (χ3n) is 2.95. The minimum absolute atomic E-state index is 0.0734. The molecular weight excluding hydrogens is 310 g/mol. The average molecular weight is 326 g/mol. The Balaban J connectivity index is 2.17. The van der Waals surface area contributed by atoms with E-state index in [1.807, 2.05) is 17.7 Å². The van der Waals surface area contributed by atoms with Crippen LogP contribution in [0.1, 0.15) is 23.1 Å². The van der Waals surface area contributed by atoms with Crippen molar-refractivity contribution in [1.82, 2.24) is 24.5 Å². The van der Waals surface area contributed by atoms with Crippen LogP contribution in [0.3, 0.4) is 0 Å². The number of aryl methyl sites for hydroxylation is 2. The van der Waals surface area contributed by atoms with Gasteiger partial charge < -0.3 is 4.90 Å². The van der Waals surface area contributed by atoms with Gasteiger partial charge in [-0.25, -0.2) is 0 Å². The molecule has 0 saturated carbocycles. The van der Waals surface area contributed by atoms with Gasteiger partial charge in [0.2, 0.25) is 0 Å². The molecule has 0 saturated heterocycles. The number of nitrogens with zero attached hydrogens (tertiary/aromatic N) is 5. The smallest absolute Gasteiger partial charge is 0.273 e. The van der Waals surface area contributed by atoms with Gasteiger partial charge in [-0.3, -0.25) is 14.2 Å². The Morgan fingerprint density at radius 3 is 2.79 bits per heavy atom. The van der Waals surface area contributed by atoms with Gasteiger partial charge in [-0.15, -0.1) is 0 Å². The molecule has 0 atom stereocenters. The zero-order chi connectivity index (χ0) is 14.0. The summed E-state index contributed by atoms with van der Waals surface area (Å²) >= 11 is 3.34. The molecule has 0 aliphatic heterocycles. The van der Waals surface area contributed by atoms with Crippen molar-refractivity contribution in [3.8, 4) is 0 Å². The highest BCUT2D eigenvalue weighted by Gasteiger charge is 2.20. The van der Waals surface area contributed by atoms with Gasteiger partial charge >= 0.3 is 0 Å². The first-order chi connectivity index (χ1) is 9.04. The van der Waals surface area contributed by atoms with Crippen molar-refractivity contribution in [2.75, 3.05) is 7.05 Å². The molecule has 7 heteroatoms. The minimum atomic E-state index is -0.0734. The Kier molecular flexibility index (Phi) is 4.04. The van der Waals surface area contributed by atoms with Crippen LogP contribution in [0.4, 0.5) is 0 Å². The molecule has 0 bridgehead atoms. The highest BCUT2D eigenvalue weighted by molar-refractivity contribution is 9.10. The van der Waals surface area contributed by atoms with E-state index in [2.05, 4.69) is 26.1 Å². The number of hydrogen-bond donors (Lipinski definition) is 0. The van der Waals surface area contributed by atoms with Crippen molar-refractivity contribution in [3.05, 3.63) is 34.3 Å². The van der Waals surface area contributed by atoms with Crippen molar-refractivity contribution < 1.29 is 4.79 Å². The van der Waals surface area contributed by atoms with Gasteiger partial charge in [0.1, 0.15) is 5.69 Å². The number of carbonyl (C=O) groups excluding carboxylic acids is 1. The summed E-state index contributed by atoms with van der Waals surface area (Å²) in [6.45, 7) is 3.33. The Bertz CT molecular complexity index is 569. The van der Waals surface area contributed by atoms with Gasteiger partial charge in [0.05, 0.1) is 22.9 Å². The van der Waals surface area contributed by atoms with E-state index in [1.54, 1.807) is 36.1 Å². The molecule has 102 valence electrons. The molecule has 19 heavy (non-hydrogen) atoms. The number of halogens is 1. The van der Waals surface area contributed by atoms with E-state index < -0.39 is 0 Å². The van der Waals surface area contributed by atoms with E-state index in [0.717, 1.165) is 12.2 Å². The van der Waals surface area contributed by atoms with Crippen LogP contribution in [0.5, 0.6) is 0 Å². The quantitative estimate of drug-likeness (QED) is 0.859. The van der Waals surface area contributed by atoms with Crippen LogP contribution in [0.2, 0.25) is 0 Å². The van der Waals surface area contributed by atoms with Crippen molar-refractivity contribution in [1.29, 1.82) is 0 Å². The van der Waals surface area contributed by atoms with Gasteiger partial charge in [-0.05, 0) is 28.9 Å². The maximum Gasteiger partial charge on any atom is 0.273 e. The van der Waals surface area contributed by atoms with Gasteiger partial charge in [0.15, 0.2) is 0 Å². The molecule has 6 nitrogen and oxygen atoms in total. The summed E-state index contributed by atoms with van der Waals surface area (Å²) in [7, 11) is 3.52. The van der Waals surface area contributed by atoms with Crippen LogP contribution in [0, 0.1) is 0 Å². The number of amides is 1. The molecule has 2 aromatic heterocycles. The van der Waals surface area contributed by atoms with Crippen molar-refractivity contribution in [2.24, 2.45) is 7.05 Å². The van der Waals surface area contributed by atoms with Crippen LogP contribution in [0.25, 0.3) is 0 Å². The second-order valence-corrected chi connectivity index (χ2v) is 5.12. The summed E-state index contributed by atoms with van der Waals surface area (Å²) in [5.41, 5.74) is 1.56. The standard InChI is InChI=1S/C12H16BrN5O/c1-4-18-9(5-6-14-18)8-16(2)12(19)11-10(13)7-15-17(11)3/h5-7H,4,8H2,1-3H3. The number of hydrogen-bond acceptors (Lipinski definition) is 3. The first-order valence-electron chi connectivity index (χ1n) is 5.98. The summed E-state index contributed by atoms with van der Waals surface area (Å²) in [4.78, 5) is 14.0. The summed E-state index contributed by atoms with van der Waals surface area (Å²) in [6.07, 6.45) is 3.37. The van der Waals surface area contributed by atoms with Crippen molar-refractivity contribution >= 4 is 21.8 Å². The Morgan fingerprint density at radius 2 is 2.21 bits per heavy atom. The van der Waals surface area contributed by atoms with E-state index in [-0.39, 0.29) is 5.91 Å². The zero-order valence-corrected chi connectivity index (χ0v) is 12.8. The van der Waals surface area contributed by atoms with Crippen LogP contribution < -0.4 is 0 Å². The Morgan fingerprint density at radius 1 is 1.47 bits per heavy atom. The van der Waals surface area contributed by atoms with E-state index >= 15 is 0 Å². The first kappa shape index (κ1) is 13.8. The van der Waals surface area contributed by atoms with Crippen LogP contribution in [-0.2, 0) is 20.1 Å². The molecule has 2 rings (SSSR count). The average Bonchev–Trinajstić information content (AvgIpc) is 2.95. The predicted molar refractivity (Wildman–Crippen MR) is 74.6 cm³/mol. The normalized spacial score (nSPS) is 10.7. The zero-order valence-electron chi connectivity index (χ0n) is 11.2. The third-order valence-corrected chi connectivity index (χ3v) is 3.53. The van der Waals surface area contributed by atoms with Gasteiger partial charge in [0.25, 0.3) is 5.91 Å². The maximum atomic E-state index is 12.4. The van der Waals surface area contributed by atoms with Gasteiger partial charge in [-0.1, -0.05) is 0 Å². The molecule has 0 aliphatic rings. The number of aromatic nitrogens is 4. The van der Waals surface area contributed by atoms with Crippen LogP contribution in [-0.4, -0.2) is 37.4 Å². The molecule has 1 amide bonds. The fourth-order valence-corrected chi connectivity index (χ4v) is 2.44. The Labute approximate surface area is 120 Å². The maximum absolute atomic E-state index is 12.4. The lowest BCUT2D eigenvalue weighted by Gasteiger charge is -2.18. The van der Waals surface area contributed by atoms with Crippen molar-refractivity contribution in [3.63, 3.8) is 0 Å². The molecule has 0 unspecified atom stereocenters. The summed E-state index contributed by atoms with van der Waals surface area (Å²) in [5, 5.41) is 8.25. The highest BCUT2D eigenvalue weighted by atomic mass is 79.9. The predicted octanol–water partition coefficient (Wildman–Crippen LogP) is 1.67. The van der Waals surface area contributed by atoms with Crippen LogP contribution >= 0.6 is 15.9 Å². The SMILES string of the molecule is CCn1nccc1CN(C)C(=O)c1c(Br)cnn1C. The summed E-state index contributed by atoms with van der Waals surface area (Å²) < 4.78 is 4.15. The van der Waals surface area contributed by atoms with E-state index in [0.29, 0.717) is 16.7 Å². The molecule has 0 N–H and O–H groups in total. The first-order valence-corrected chi connectivity index (χ1v) is 6.77. The molecule has 0 aliphatic carbocycles. The second-order valence-electron chi connectivity index (χ2n) is 4.26. The molecule has 0 spiro atoms. The molecule has 2 heterocycles. The summed E-state index contributed by atoms with van der Waals surface area (Å²) in [5.74, 6) is -0.0734. The number of carbonyl (C=O) groups is 1. The lowest BCUT2D eigenvalue weighted by Crippen LogP contribution is -2.29. The van der Waals surface area contributed by atoms with Crippen molar-refractivity contribution in [2.45, 2.75) is 20.0 Å². The van der Waals surface area contributed by atoms with Crippen LogP contribution in [0.15, 0.2) is 22.9 Å². The number of rotatable bonds is 4. The lowest BCUT2D eigenvalue weighted by atomic mass is 10.3. The highest BCUT2D eigenvalue weighted by Crippen LogP contribution is 2.17. The van der Waals surface area contributed by atoms with Gasteiger partial charge in [-0.2, -0.15) is 10.2 Å². The molecule has 0 fully saturated rings. The van der Waals surface area contributed by atoms with E-state index in [9.17, 15) is 4.79 Å². The molecule has 2 aromatic rings. The monoisotopic (exact) mass is 325 g/mol. The fraction of sp³-hybridized carbons (Fsp3) is 0.417. The second kappa shape index (κ2) is 5.56. The minimum Gasteiger partial charge on any atom is -0.334 e. The Hall–Kier alpha value is -1.63. The van der Waals surface area contributed by atoms with Gasteiger partial charge in [0, 0.05) is 26.8 Å². The molecule has 0 radical (unpaired) electrons. The lowest BCUT2D eigenvalue weighted by molar-refractivity contribution is 0.0769. The topological polar surface area (TPSA) is 56.0 Å². The van der Waals surface area contributed by atoms with E-state index in [1.165, 1.54) is 0 Å². The fourth-order valence-electron chi connectivity index (χ4n) is 1.93. The molecule has 0 aromatic carbocycles. The third kappa shape index (κ3) is 2.70. The largest absolute Gasteiger partial charge is 0.334 e. The van der Waals surface area contributed by atoms with E-state index in [4.69, 9.17) is 0 Å². The molecular formula is C12H16BrN5O. The summed E-state index contributed by atoms with van der Waals surface area (Å²) in [6, 6.07) is 1.92.